The summed E-state index contributed by atoms with van der Waals surface area (Å²) >= 11 is 0. The molecule has 1 heterocycles. The number of rotatable bonds is 4. The van der Waals surface area contributed by atoms with Gasteiger partial charge in [0.15, 0.2) is 0 Å². The van der Waals surface area contributed by atoms with Crippen molar-refractivity contribution in [1.29, 1.82) is 0 Å². The number of nitrogens with one attached hydrogen (secondary N) is 1. The standard InChI is InChI=1S/C13H20N2O3/c1-4-7-14-11(16)10(2)15-8-5-6-13(3,9-15)12(17)18/h1,10H,5-9H2,2-3H3,(H,14,16)(H,17,18). The molecule has 1 fully saturated rings. The largest absolute Gasteiger partial charge is 0.481 e. The topological polar surface area (TPSA) is 69.6 Å². The maximum atomic E-state index is 11.8. The molecule has 0 aromatic heterocycles. The van der Waals surface area contributed by atoms with Gasteiger partial charge in [-0.15, -0.1) is 6.42 Å². The van der Waals surface area contributed by atoms with Crippen molar-refractivity contribution in [2.45, 2.75) is 32.7 Å². The van der Waals surface area contributed by atoms with Crippen LogP contribution in [-0.2, 0) is 9.59 Å². The van der Waals surface area contributed by atoms with E-state index in [1.165, 1.54) is 0 Å². The molecule has 5 heteroatoms. The van der Waals surface area contributed by atoms with Gasteiger partial charge in [0, 0.05) is 6.54 Å². The molecule has 1 amide bonds. The molecule has 0 aromatic carbocycles. The van der Waals surface area contributed by atoms with Gasteiger partial charge in [-0.2, -0.15) is 0 Å². The van der Waals surface area contributed by atoms with Gasteiger partial charge in [-0.3, -0.25) is 14.5 Å². The van der Waals surface area contributed by atoms with E-state index in [2.05, 4.69) is 11.2 Å². The fourth-order valence-electron chi connectivity index (χ4n) is 2.24. The highest BCUT2D eigenvalue weighted by Gasteiger charge is 2.40. The summed E-state index contributed by atoms with van der Waals surface area (Å²) in [6.07, 6.45) is 6.52. The molecule has 100 valence electrons. The first-order valence-electron chi connectivity index (χ1n) is 6.09. The molecular weight excluding hydrogens is 232 g/mol. The molecule has 1 rings (SSSR count). The summed E-state index contributed by atoms with van der Waals surface area (Å²) in [5.41, 5.74) is -0.765. The second kappa shape index (κ2) is 5.87. The molecule has 2 atom stereocenters. The van der Waals surface area contributed by atoms with Crippen LogP contribution in [0.15, 0.2) is 0 Å². The third-order valence-electron chi connectivity index (χ3n) is 3.53. The van der Waals surface area contributed by atoms with Crippen molar-refractivity contribution in [2.75, 3.05) is 19.6 Å². The van der Waals surface area contributed by atoms with E-state index in [1.807, 2.05) is 4.90 Å². The van der Waals surface area contributed by atoms with Crippen LogP contribution in [0.4, 0.5) is 0 Å². The minimum Gasteiger partial charge on any atom is -0.481 e. The van der Waals surface area contributed by atoms with Crippen molar-refractivity contribution < 1.29 is 14.7 Å². The third-order valence-corrected chi connectivity index (χ3v) is 3.53. The summed E-state index contributed by atoms with van der Waals surface area (Å²) in [7, 11) is 0. The number of carboxylic acid groups (broad SMARTS) is 1. The van der Waals surface area contributed by atoms with Gasteiger partial charge >= 0.3 is 5.97 Å². The molecule has 0 aromatic rings. The molecule has 18 heavy (non-hydrogen) atoms. The Balaban J connectivity index is 2.64. The lowest BCUT2D eigenvalue weighted by Crippen LogP contribution is -2.53. The number of carbonyl (C=O) groups excluding carboxylic acids is 1. The molecule has 1 aliphatic rings. The van der Waals surface area contributed by atoms with Gasteiger partial charge in [-0.05, 0) is 33.2 Å². The number of aliphatic carboxylic acids is 1. The van der Waals surface area contributed by atoms with Crippen molar-refractivity contribution in [1.82, 2.24) is 10.2 Å². The van der Waals surface area contributed by atoms with E-state index in [9.17, 15) is 14.7 Å². The fourth-order valence-corrected chi connectivity index (χ4v) is 2.24. The minimum absolute atomic E-state index is 0.150. The van der Waals surface area contributed by atoms with Crippen molar-refractivity contribution in [3.63, 3.8) is 0 Å². The van der Waals surface area contributed by atoms with Crippen LogP contribution in [-0.4, -0.2) is 47.6 Å². The zero-order chi connectivity index (χ0) is 13.8. The van der Waals surface area contributed by atoms with Crippen molar-refractivity contribution in [2.24, 2.45) is 5.41 Å². The van der Waals surface area contributed by atoms with Crippen molar-refractivity contribution in [3.8, 4) is 12.3 Å². The van der Waals surface area contributed by atoms with Gasteiger partial charge in [0.2, 0.25) is 5.91 Å². The predicted molar refractivity (Wildman–Crippen MR) is 67.9 cm³/mol. The summed E-state index contributed by atoms with van der Waals surface area (Å²) in [5, 5.41) is 11.8. The van der Waals surface area contributed by atoms with Crippen molar-refractivity contribution in [3.05, 3.63) is 0 Å². The zero-order valence-electron chi connectivity index (χ0n) is 10.9. The Hall–Kier alpha value is -1.54. The van der Waals surface area contributed by atoms with Gasteiger partial charge < -0.3 is 10.4 Å². The van der Waals surface area contributed by atoms with E-state index in [1.54, 1.807) is 13.8 Å². The molecule has 5 nitrogen and oxygen atoms in total. The lowest BCUT2D eigenvalue weighted by molar-refractivity contribution is -0.152. The van der Waals surface area contributed by atoms with Crippen LogP contribution in [0.1, 0.15) is 26.7 Å². The summed E-state index contributed by atoms with van der Waals surface area (Å²) in [6, 6.07) is -0.350. The van der Waals surface area contributed by atoms with Gasteiger partial charge in [-0.1, -0.05) is 5.92 Å². The first kappa shape index (κ1) is 14.5. The second-order valence-electron chi connectivity index (χ2n) is 5.04. The SMILES string of the molecule is C#CCNC(=O)C(C)N1CCCC(C)(C(=O)O)C1. The molecule has 2 unspecified atom stereocenters. The summed E-state index contributed by atoms with van der Waals surface area (Å²) in [4.78, 5) is 24.9. The molecular formula is C13H20N2O3. The molecule has 1 aliphatic heterocycles. The lowest BCUT2D eigenvalue weighted by atomic mass is 9.81. The Labute approximate surface area is 108 Å². The Morgan fingerprint density at radius 1 is 1.61 bits per heavy atom. The van der Waals surface area contributed by atoms with E-state index in [0.717, 1.165) is 13.0 Å². The number of amides is 1. The Morgan fingerprint density at radius 2 is 2.28 bits per heavy atom. The highest BCUT2D eigenvalue weighted by molar-refractivity contribution is 5.81. The minimum atomic E-state index is -0.802. The van der Waals surface area contributed by atoms with Crippen LogP contribution in [0.3, 0.4) is 0 Å². The molecule has 0 radical (unpaired) electrons. The van der Waals surface area contributed by atoms with Crippen LogP contribution < -0.4 is 5.32 Å². The van der Waals surface area contributed by atoms with E-state index in [0.29, 0.717) is 13.0 Å². The molecule has 0 saturated carbocycles. The summed E-state index contributed by atoms with van der Waals surface area (Å²) in [6.45, 7) is 4.85. The van der Waals surface area contributed by atoms with Gasteiger partial charge in [-0.25, -0.2) is 0 Å². The number of hydrogen-bond acceptors (Lipinski definition) is 3. The van der Waals surface area contributed by atoms with Crippen LogP contribution in [0.5, 0.6) is 0 Å². The number of terminal acetylenes is 1. The fraction of sp³-hybridized carbons (Fsp3) is 0.692. The number of hydrogen-bond donors (Lipinski definition) is 2. The van der Waals surface area contributed by atoms with Crippen molar-refractivity contribution >= 4 is 11.9 Å². The number of carbonyl (C=O) groups is 2. The average Bonchev–Trinajstić information content (AvgIpc) is 2.34. The smallest absolute Gasteiger partial charge is 0.310 e. The quantitative estimate of drug-likeness (QED) is 0.707. The van der Waals surface area contributed by atoms with Crippen LogP contribution in [0, 0.1) is 17.8 Å². The van der Waals surface area contributed by atoms with E-state index >= 15 is 0 Å². The number of nitrogens with zero attached hydrogens (tertiary/aromatic N) is 1. The van der Waals surface area contributed by atoms with Crippen LogP contribution >= 0.6 is 0 Å². The highest BCUT2D eigenvalue weighted by Crippen LogP contribution is 2.30. The normalized spacial score (nSPS) is 26.1. The van der Waals surface area contributed by atoms with Gasteiger partial charge in [0.1, 0.15) is 0 Å². The summed E-state index contributed by atoms with van der Waals surface area (Å²) < 4.78 is 0. The molecule has 0 aliphatic carbocycles. The molecule has 1 saturated heterocycles. The number of likely N-dealkylation sites (tertiary alicyclic amines) is 1. The molecule has 0 spiro atoms. The molecule has 0 bridgehead atoms. The zero-order valence-corrected chi connectivity index (χ0v) is 10.9. The van der Waals surface area contributed by atoms with Crippen LogP contribution in [0.2, 0.25) is 0 Å². The van der Waals surface area contributed by atoms with E-state index in [-0.39, 0.29) is 18.5 Å². The first-order chi connectivity index (χ1) is 8.40. The lowest BCUT2D eigenvalue weighted by Gasteiger charge is -2.40. The first-order valence-corrected chi connectivity index (χ1v) is 6.09. The Bertz CT molecular complexity index is 375. The van der Waals surface area contributed by atoms with Crippen LogP contribution in [0.25, 0.3) is 0 Å². The predicted octanol–water partition coefficient (Wildman–Crippen LogP) is 0.311. The maximum Gasteiger partial charge on any atom is 0.310 e. The highest BCUT2D eigenvalue weighted by atomic mass is 16.4. The number of piperidine rings is 1. The maximum absolute atomic E-state index is 11.8. The summed E-state index contributed by atoms with van der Waals surface area (Å²) in [5.74, 6) is 1.39. The third kappa shape index (κ3) is 3.23. The van der Waals surface area contributed by atoms with E-state index in [4.69, 9.17) is 6.42 Å². The van der Waals surface area contributed by atoms with E-state index < -0.39 is 11.4 Å². The second-order valence-corrected chi connectivity index (χ2v) is 5.04. The van der Waals surface area contributed by atoms with Gasteiger partial charge in [0.05, 0.1) is 18.0 Å². The Kier molecular flexibility index (Phi) is 4.74. The average molecular weight is 252 g/mol. The number of carboxylic acids is 1. The molecule has 2 N–H and O–H groups in total. The Morgan fingerprint density at radius 3 is 2.83 bits per heavy atom. The monoisotopic (exact) mass is 252 g/mol. The van der Waals surface area contributed by atoms with Gasteiger partial charge in [0.25, 0.3) is 0 Å².